The summed E-state index contributed by atoms with van der Waals surface area (Å²) in [7, 11) is 0. The molecule has 4 aromatic carbocycles. The second-order valence-electron chi connectivity index (χ2n) is 7.70. The van der Waals surface area contributed by atoms with Crippen LogP contribution >= 0.6 is 0 Å². The van der Waals surface area contributed by atoms with Crippen molar-refractivity contribution in [1.82, 2.24) is 0 Å². The normalized spacial score (nSPS) is 11.1. The van der Waals surface area contributed by atoms with Crippen LogP contribution in [0.5, 0.6) is 11.5 Å². The Morgan fingerprint density at radius 3 is 2.00 bits per heavy atom. The van der Waals surface area contributed by atoms with Crippen LogP contribution in [0.2, 0.25) is 0 Å². The van der Waals surface area contributed by atoms with Gasteiger partial charge in [0.25, 0.3) is 0 Å². The molecule has 0 aromatic heterocycles. The predicted molar refractivity (Wildman–Crippen MR) is 120 cm³/mol. The lowest BCUT2D eigenvalue weighted by Gasteiger charge is -2.15. The summed E-state index contributed by atoms with van der Waals surface area (Å²) in [4.78, 5) is 0. The maximum absolute atomic E-state index is 10.6. The van der Waals surface area contributed by atoms with E-state index in [1.807, 2.05) is 43.3 Å². The minimum Gasteiger partial charge on any atom is -0.507 e. The zero-order valence-corrected chi connectivity index (χ0v) is 16.9. The zero-order valence-electron chi connectivity index (χ0n) is 16.9. The summed E-state index contributed by atoms with van der Waals surface area (Å²) < 4.78 is 0. The summed E-state index contributed by atoms with van der Waals surface area (Å²) in [6.45, 7) is 4.02. The Hall–Kier alpha value is -3.26. The van der Waals surface area contributed by atoms with E-state index in [2.05, 4.69) is 43.3 Å². The Bertz CT molecular complexity index is 1160. The van der Waals surface area contributed by atoms with Crippen molar-refractivity contribution >= 4 is 10.8 Å². The van der Waals surface area contributed by atoms with Gasteiger partial charge in [0.1, 0.15) is 11.5 Å². The van der Waals surface area contributed by atoms with E-state index in [9.17, 15) is 10.2 Å². The number of hydrogen-bond donors (Lipinski definition) is 2. The molecule has 0 aliphatic heterocycles. The zero-order chi connectivity index (χ0) is 20.4. The smallest absolute Gasteiger partial charge is 0.126 e. The third kappa shape index (κ3) is 3.84. The van der Waals surface area contributed by atoms with Crippen molar-refractivity contribution < 1.29 is 10.2 Å². The Balaban J connectivity index is 1.76. The van der Waals surface area contributed by atoms with Gasteiger partial charge in [-0.3, -0.25) is 0 Å². The monoisotopic (exact) mass is 382 g/mol. The minimum atomic E-state index is 0.377. The van der Waals surface area contributed by atoms with Crippen LogP contribution in [-0.2, 0) is 19.3 Å². The highest BCUT2D eigenvalue weighted by molar-refractivity contribution is 5.92. The molecule has 2 heteroatoms. The second kappa shape index (κ2) is 8.00. The Kier molecular flexibility index (Phi) is 5.26. The average Bonchev–Trinajstić information content (AvgIpc) is 2.74. The Morgan fingerprint density at radius 2 is 1.28 bits per heavy atom. The molecule has 2 nitrogen and oxygen atoms in total. The summed E-state index contributed by atoms with van der Waals surface area (Å²) >= 11 is 0. The predicted octanol–water partition coefficient (Wildman–Crippen LogP) is 6.30. The fourth-order valence-electron chi connectivity index (χ4n) is 4.12. The number of rotatable bonds is 5. The highest BCUT2D eigenvalue weighted by atomic mass is 16.3. The van der Waals surface area contributed by atoms with Gasteiger partial charge in [-0.15, -0.1) is 0 Å². The molecule has 0 aliphatic carbocycles. The van der Waals surface area contributed by atoms with Gasteiger partial charge in [-0.05, 0) is 58.5 Å². The van der Waals surface area contributed by atoms with Gasteiger partial charge in [0.05, 0.1) is 0 Å². The molecule has 0 amide bonds. The highest BCUT2D eigenvalue weighted by Crippen LogP contribution is 2.34. The van der Waals surface area contributed by atoms with E-state index in [-0.39, 0.29) is 0 Å². The van der Waals surface area contributed by atoms with Crippen LogP contribution in [0.25, 0.3) is 10.8 Å². The lowest BCUT2D eigenvalue weighted by molar-refractivity contribution is 0.465. The summed E-state index contributed by atoms with van der Waals surface area (Å²) in [5.74, 6) is 0.765. The molecule has 4 rings (SSSR count). The Labute approximate surface area is 172 Å². The summed E-state index contributed by atoms with van der Waals surface area (Å²) in [6, 6.07) is 24.6. The van der Waals surface area contributed by atoms with Gasteiger partial charge in [-0.2, -0.15) is 0 Å². The van der Waals surface area contributed by atoms with E-state index in [0.29, 0.717) is 17.9 Å². The van der Waals surface area contributed by atoms with Crippen LogP contribution in [0.4, 0.5) is 0 Å². The molecule has 0 aliphatic rings. The van der Waals surface area contributed by atoms with Crippen LogP contribution in [0.1, 0.15) is 40.3 Å². The number of aromatic hydroxyl groups is 2. The van der Waals surface area contributed by atoms with Crippen LogP contribution in [0.15, 0.2) is 72.8 Å². The lowest BCUT2D eigenvalue weighted by Crippen LogP contribution is -1.98. The first-order valence-corrected chi connectivity index (χ1v) is 10.1. The number of fused-ring (bicyclic) bond motifs is 1. The van der Waals surface area contributed by atoms with E-state index in [1.165, 1.54) is 16.7 Å². The molecule has 0 fully saturated rings. The molecule has 0 saturated carbocycles. The number of aryl methyl sites for hydroxylation is 2. The maximum Gasteiger partial charge on any atom is 0.126 e. The summed E-state index contributed by atoms with van der Waals surface area (Å²) in [5, 5.41) is 23.2. The van der Waals surface area contributed by atoms with Gasteiger partial charge < -0.3 is 10.2 Å². The maximum atomic E-state index is 10.6. The first kappa shape index (κ1) is 19.1. The van der Waals surface area contributed by atoms with Crippen molar-refractivity contribution in [2.24, 2.45) is 0 Å². The molecule has 146 valence electrons. The van der Waals surface area contributed by atoms with Gasteiger partial charge in [-0.25, -0.2) is 0 Å². The van der Waals surface area contributed by atoms with Crippen molar-refractivity contribution in [2.45, 2.75) is 33.1 Å². The van der Waals surface area contributed by atoms with Crippen molar-refractivity contribution in [3.63, 3.8) is 0 Å². The summed E-state index contributed by atoms with van der Waals surface area (Å²) in [6.07, 6.45) is 2.26. The first-order valence-electron chi connectivity index (χ1n) is 10.1. The molecule has 0 spiro atoms. The topological polar surface area (TPSA) is 40.5 Å². The van der Waals surface area contributed by atoms with E-state index < -0.39 is 0 Å². The van der Waals surface area contributed by atoms with Gasteiger partial charge in [-0.1, -0.05) is 79.7 Å². The largest absolute Gasteiger partial charge is 0.507 e. The molecule has 0 heterocycles. The van der Waals surface area contributed by atoms with E-state index in [1.54, 1.807) is 0 Å². The molecule has 2 N–H and O–H groups in total. The molecule has 0 unspecified atom stereocenters. The SMILES string of the molecule is CCc1cc(Cc2cc(C)c(O)c(Cc3ccccc3)c2)c2ccccc2c1O. The van der Waals surface area contributed by atoms with E-state index >= 15 is 0 Å². The van der Waals surface area contributed by atoms with Crippen LogP contribution in [-0.4, -0.2) is 10.2 Å². The fraction of sp³-hybridized carbons (Fsp3) is 0.185. The van der Waals surface area contributed by atoms with Crippen molar-refractivity contribution in [3.05, 3.63) is 106 Å². The van der Waals surface area contributed by atoms with Crippen LogP contribution in [0.3, 0.4) is 0 Å². The van der Waals surface area contributed by atoms with Crippen molar-refractivity contribution in [1.29, 1.82) is 0 Å². The lowest BCUT2D eigenvalue weighted by atomic mass is 9.92. The van der Waals surface area contributed by atoms with Gasteiger partial charge in [0.2, 0.25) is 0 Å². The molecule has 29 heavy (non-hydrogen) atoms. The molecule has 0 radical (unpaired) electrons. The average molecular weight is 383 g/mol. The molecule has 0 saturated heterocycles. The number of hydrogen-bond acceptors (Lipinski definition) is 2. The van der Waals surface area contributed by atoms with Crippen molar-refractivity contribution in [2.75, 3.05) is 0 Å². The quantitative estimate of drug-likeness (QED) is 0.425. The third-order valence-corrected chi connectivity index (χ3v) is 5.63. The van der Waals surface area contributed by atoms with E-state index in [0.717, 1.165) is 40.3 Å². The van der Waals surface area contributed by atoms with Crippen molar-refractivity contribution in [3.8, 4) is 11.5 Å². The van der Waals surface area contributed by atoms with E-state index in [4.69, 9.17) is 0 Å². The first-order chi connectivity index (χ1) is 14.1. The van der Waals surface area contributed by atoms with Crippen LogP contribution in [0, 0.1) is 6.92 Å². The molecule has 0 bridgehead atoms. The Morgan fingerprint density at radius 1 is 0.621 bits per heavy atom. The van der Waals surface area contributed by atoms with Crippen LogP contribution < -0.4 is 0 Å². The standard InChI is InChI=1S/C27H26O2/c1-3-21-17-22(24-11-7-8-12-25(24)27(21)29)15-20-13-18(2)26(28)23(16-20)14-19-9-5-4-6-10-19/h4-13,16-17,28-29H,3,14-15H2,1-2H3. The molecule has 0 atom stereocenters. The molecular weight excluding hydrogens is 356 g/mol. The number of phenols is 2. The molecular formula is C27H26O2. The third-order valence-electron chi connectivity index (χ3n) is 5.63. The highest BCUT2D eigenvalue weighted by Gasteiger charge is 2.13. The van der Waals surface area contributed by atoms with Gasteiger partial charge in [0.15, 0.2) is 0 Å². The fourth-order valence-corrected chi connectivity index (χ4v) is 4.12. The number of phenolic OH excluding ortho intramolecular Hbond substituents is 2. The van der Waals surface area contributed by atoms with Gasteiger partial charge in [0, 0.05) is 11.8 Å². The molecule has 4 aromatic rings. The summed E-state index contributed by atoms with van der Waals surface area (Å²) in [5.41, 5.74) is 6.37. The minimum absolute atomic E-state index is 0.377. The van der Waals surface area contributed by atoms with Gasteiger partial charge >= 0.3 is 0 Å². The number of benzene rings is 4. The second-order valence-corrected chi connectivity index (χ2v) is 7.70.